The van der Waals surface area contributed by atoms with Crippen molar-refractivity contribution < 1.29 is 17.9 Å². The summed E-state index contributed by atoms with van der Waals surface area (Å²) in [4.78, 5) is 13.0. The number of amides is 1. The molecule has 3 aromatic carbocycles. The van der Waals surface area contributed by atoms with Gasteiger partial charge in [-0.05, 0) is 55.3 Å². The first kappa shape index (κ1) is 23.1. The van der Waals surface area contributed by atoms with Gasteiger partial charge in [-0.2, -0.15) is 0 Å². The van der Waals surface area contributed by atoms with Gasteiger partial charge in [0, 0.05) is 11.8 Å². The van der Waals surface area contributed by atoms with Gasteiger partial charge in [-0.25, -0.2) is 8.42 Å². The quantitative estimate of drug-likeness (QED) is 0.480. The second kappa shape index (κ2) is 10.2. The predicted octanol–water partition coefficient (Wildman–Crippen LogP) is 4.70. The van der Waals surface area contributed by atoms with E-state index in [0.717, 1.165) is 15.4 Å². The van der Waals surface area contributed by atoms with Crippen molar-refractivity contribution in [2.75, 3.05) is 22.8 Å². The molecule has 0 fully saturated rings. The van der Waals surface area contributed by atoms with Crippen LogP contribution in [0.5, 0.6) is 5.75 Å². The van der Waals surface area contributed by atoms with Crippen LogP contribution in [0, 0.1) is 13.8 Å². The average Bonchev–Trinajstić information content (AvgIpc) is 2.79. The van der Waals surface area contributed by atoms with E-state index >= 15 is 0 Å². The standard InChI is InChI=1S/C25H26N2O4S/c1-4-16-31-22-12-9-11-21(17-22)26-25(28)18-27(24-15-8-10-19(2)20(24)3)32(29,30)23-13-6-5-7-14-23/h4-15,17H,1,16,18H2,2-3H3,(H,26,28). The van der Waals surface area contributed by atoms with Crippen LogP contribution in [0.15, 0.2) is 90.3 Å². The Hall–Kier alpha value is -3.58. The fraction of sp³-hybridized carbons (Fsp3) is 0.160. The summed E-state index contributed by atoms with van der Waals surface area (Å²) in [5.41, 5.74) is 2.70. The van der Waals surface area contributed by atoms with Crippen molar-refractivity contribution >= 4 is 27.3 Å². The van der Waals surface area contributed by atoms with Gasteiger partial charge in [0.05, 0.1) is 10.6 Å². The molecule has 0 aliphatic carbocycles. The van der Waals surface area contributed by atoms with E-state index < -0.39 is 15.9 Å². The molecule has 0 bridgehead atoms. The molecule has 1 N–H and O–H groups in total. The lowest BCUT2D eigenvalue weighted by molar-refractivity contribution is -0.114. The van der Waals surface area contributed by atoms with E-state index in [9.17, 15) is 13.2 Å². The molecule has 6 nitrogen and oxygen atoms in total. The van der Waals surface area contributed by atoms with Crippen molar-refractivity contribution in [3.8, 4) is 5.75 Å². The number of nitrogens with one attached hydrogen (secondary N) is 1. The Morgan fingerprint density at radius 1 is 1.03 bits per heavy atom. The average molecular weight is 451 g/mol. The minimum absolute atomic E-state index is 0.119. The zero-order valence-corrected chi connectivity index (χ0v) is 18.9. The third kappa shape index (κ3) is 5.36. The van der Waals surface area contributed by atoms with Crippen molar-refractivity contribution in [3.05, 3.63) is 96.6 Å². The Morgan fingerprint density at radius 2 is 1.75 bits per heavy atom. The molecular weight excluding hydrogens is 424 g/mol. The van der Waals surface area contributed by atoms with Crippen molar-refractivity contribution in [2.24, 2.45) is 0 Å². The number of ether oxygens (including phenoxy) is 1. The van der Waals surface area contributed by atoms with Gasteiger partial charge < -0.3 is 10.1 Å². The molecule has 0 aliphatic heterocycles. The first-order chi connectivity index (χ1) is 15.3. The van der Waals surface area contributed by atoms with E-state index in [-0.39, 0.29) is 11.4 Å². The lowest BCUT2D eigenvalue weighted by Crippen LogP contribution is -2.38. The molecule has 7 heteroatoms. The maximum Gasteiger partial charge on any atom is 0.264 e. The highest BCUT2D eigenvalue weighted by molar-refractivity contribution is 7.92. The summed E-state index contributed by atoms with van der Waals surface area (Å²) in [7, 11) is -3.96. The summed E-state index contributed by atoms with van der Waals surface area (Å²) in [5, 5.41) is 2.77. The van der Waals surface area contributed by atoms with E-state index in [4.69, 9.17) is 4.74 Å². The molecule has 0 spiro atoms. The van der Waals surface area contributed by atoms with Crippen LogP contribution in [-0.4, -0.2) is 27.5 Å². The molecule has 0 radical (unpaired) electrons. The second-order valence-electron chi connectivity index (χ2n) is 7.22. The highest BCUT2D eigenvalue weighted by atomic mass is 32.2. The minimum atomic E-state index is -3.96. The third-order valence-electron chi connectivity index (χ3n) is 4.95. The normalized spacial score (nSPS) is 10.9. The van der Waals surface area contributed by atoms with Crippen LogP contribution in [-0.2, 0) is 14.8 Å². The number of rotatable bonds is 9. The van der Waals surface area contributed by atoms with Crippen LogP contribution in [0.25, 0.3) is 0 Å². The summed E-state index contributed by atoms with van der Waals surface area (Å²) >= 11 is 0. The van der Waals surface area contributed by atoms with Gasteiger partial charge in [-0.1, -0.05) is 49.1 Å². The summed E-state index contributed by atoms with van der Waals surface area (Å²) < 4.78 is 33.6. The van der Waals surface area contributed by atoms with Crippen LogP contribution in [0.3, 0.4) is 0 Å². The molecule has 0 heterocycles. The van der Waals surface area contributed by atoms with Gasteiger partial charge in [0.25, 0.3) is 10.0 Å². The molecule has 0 saturated carbocycles. The van der Waals surface area contributed by atoms with Crippen molar-refractivity contribution in [1.82, 2.24) is 0 Å². The maximum atomic E-state index is 13.5. The maximum absolute atomic E-state index is 13.5. The van der Waals surface area contributed by atoms with E-state index in [1.807, 2.05) is 19.9 Å². The Labute approximate surface area is 189 Å². The summed E-state index contributed by atoms with van der Waals surface area (Å²) in [5.74, 6) is 0.109. The number of nitrogens with zero attached hydrogens (tertiary/aromatic N) is 1. The Bertz CT molecular complexity index is 1210. The van der Waals surface area contributed by atoms with E-state index in [0.29, 0.717) is 23.7 Å². The van der Waals surface area contributed by atoms with Gasteiger partial charge in [0.1, 0.15) is 18.9 Å². The number of hydrogen-bond donors (Lipinski definition) is 1. The van der Waals surface area contributed by atoms with E-state index in [1.54, 1.807) is 60.7 Å². The first-order valence-electron chi connectivity index (χ1n) is 10.1. The molecule has 0 aliphatic rings. The van der Waals surface area contributed by atoms with Crippen molar-refractivity contribution in [1.29, 1.82) is 0 Å². The first-order valence-corrected chi connectivity index (χ1v) is 11.5. The van der Waals surface area contributed by atoms with Crippen molar-refractivity contribution in [2.45, 2.75) is 18.7 Å². The van der Waals surface area contributed by atoms with Crippen LogP contribution in [0.4, 0.5) is 11.4 Å². The minimum Gasteiger partial charge on any atom is -0.489 e. The number of anilines is 2. The van der Waals surface area contributed by atoms with Gasteiger partial charge in [-0.15, -0.1) is 0 Å². The van der Waals surface area contributed by atoms with Crippen LogP contribution >= 0.6 is 0 Å². The van der Waals surface area contributed by atoms with Crippen LogP contribution < -0.4 is 14.4 Å². The molecule has 1 amide bonds. The van der Waals surface area contributed by atoms with Crippen molar-refractivity contribution in [3.63, 3.8) is 0 Å². The van der Waals surface area contributed by atoms with E-state index in [1.165, 1.54) is 12.1 Å². The molecule has 0 saturated heterocycles. The fourth-order valence-electron chi connectivity index (χ4n) is 3.17. The lowest BCUT2D eigenvalue weighted by Gasteiger charge is -2.26. The summed E-state index contributed by atoms with van der Waals surface area (Å²) in [6, 6.07) is 20.4. The molecule has 3 rings (SSSR count). The molecule has 166 valence electrons. The molecule has 0 atom stereocenters. The molecular formula is C25H26N2O4S. The van der Waals surface area contributed by atoms with Crippen LogP contribution in [0.2, 0.25) is 0 Å². The number of carbonyl (C=O) groups is 1. The van der Waals surface area contributed by atoms with E-state index in [2.05, 4.69) is 11.9 Å². The number of sulfonamides is 1. The molecule has 0 unspecified atom stereocenters. The Balaban J connectivity index is 1.92. The fourth-order valence-corrected chi connectivity index (χ4v) is 4.67. The van der Waals surface area contributed by atoms with Gasteiger partial charge >= 0.3 is 0 Å². The van der Waals surface area contributed by atoms with Crippen LogP contribution in [0.1, 0.15) is 11.1 Å². The molecule has 32 heavy (non-hydrogen) atoms. The zero-order valence-electron chi connectivity index (χ0n) is 18.1. The smallest absolute Gasteiger partial charge is 0.264 e. The van der Waals surface area contributed by atoms with Gasteiger partial charge in [-0.3, -0.25) is 9.10 Å². The number of carbonyl (C=O) groups excluding carboxylic acids is 1. The topological polar surface area (TPSA) is 75.7 Å². The van der Waals surface area contributed by atoms with Gasteiger partial charge in [0.15, 0.2) is 0 Å². The SMILES string of the molecule is C=CCOc1cccc(NC(=O)CN(c2cccc(C)c2C)S(=O)(=O)c2ccccc2)c1. The largest absolute Gasteiger partial charge is 0.489 e. The molecule has 0 aromatic heterocycles. The number of benzene rings is 3. The summed E-state index contributed by atoms with van der Waals surface area (Å²) in [6.07, 6.45) is 1.63. The lowest BCUT2D eigenvalue weighted by atomic mass is 10.1. The molecule has 3 aromatic rings. The number of hydrogen-bond acceptors (Lipinski definition) is 4. The Kier molecular flexibility index (Phi) is 7.33. The Morgan fingerprint density at radius 3 is 2.47 bits per heavy atom. The zero-order chi connectivity index (χ0) is 23.1. The third-order valence-corrected chi connectivity index (χ3v) is 6.72. The second-order valence-corrected chi connectivity index (χ2v) is 9.08. The van der Waals surface area contributed by atoms with Gasteiger partial charge in [0.2, 0.25) is 5.91 Å². The highest BCUT2D eigenvalue weighted by Crippen LogP contribution is 2.28. The monoisotopic (exact) mass is 450 g/mol. The predicted molar refractivity (Wildman–Crippen MR) is 128 cm³/mol. The summed E-state index contributed by atoms with van der Waals surface area (Å²) in [6.45, 7) is 7.32. The highest BCUT2D eigenvalue weighted by Gasteiger charge is 2.28. The number of aryl methyl sites for hydroxylation is 1.